The van der Waals surface area contributed by atoms with Gasteiger partial charge in [-0.2, -0.15) is 0 Å². The Labute approximate surface area is 154 Å². The van der Waals surface area contributed by atoms with Gasteiger partial charge in [0, 0.05) is 5.92 Å². The number of hydrogen-bond acceptors (Lipinski definition) is 4. The first-order valence-electron chi connectivity index (χ1n) is 8.41. The SMILES string of the molecule is C=CC1c2ccccc2N(S(=O)(=O)c2ccc(C)cc2)C1C(=O)OCC. The number of hydrogen-bond donors (Lipinski definition) is 0. The minimum Gasteiger partial charge on any atom is -0.464 e. The number of fused-ring (bicyclic) bond motifs is 1. The summed E-state index contributed by atoms with van der Waals surface area (Å²) < 4.78 is 33.1. The number of nitrogens with zero attached hydrogens (tertiary/aromatic N) is 1. The molecule has 0 bridgehead atoms. The largest absolute Gasteiger partial charge is 0.464 e. The third-order valence-corrected chi connectivity index (χ3v) is 6.30. The van der Waals surface area contributed by atoms with Crippen molar-refractivity contribution >= 4 is 21.7 Å². The summed E-state index contributed by atoms with van der Waals surface area (Å²) in [6.45, 7) is 7.56. The zero-order valence-electron chi connectivity index (χ0n) is 14.8. The van der Waals surface area contributed by atoms with Crippen LogP contribution in [-0.4, -0.2) is 27.0 Å². The van der Waals surface area contributed by atoms with Crippen LogP contribution in [0.15, 0.2) is 66.1 Å². The number of carbonyl (C=O) groups excluding carboxylic acids is 1. The Morgan fingerprint density at radius 1 is 1.19 bits per heavy atom. The summed E-state index contributed by atoms with van der Waals surface area (Å²) in [6, 6.07) is 12.7. The van der Waals surface area contributed by atoms with E-state index in [-0.39, 0.29) is 11.5 Å². The molecule has 0 radical (unpaired) electrons. The van der Waals surface area contributed by atoms with Gasteiger partial charge in [0.1, 0.15) is 0 Å². The molecule has 0 spiro atoms. The van der Waals surface area contributed by atoms with E-state index >= 15 is 0 Å². The molecule has 0 amide bonds. The Hall–Kier alpha value is -2.60. The molecule has 2 unspecified atom stereocenters. The lowest BCUT2D eigenvalue weighted by Gasteiger charge is -2.27. The van der Waals surface area contributed by atoms with Crippen LogP contribution < -0.4 is 4.31 Å². The van der Waals surface area contributed by atoms with Gasteiger partial charge in [0.2, 0.25) is 0 Å². The summed E-state index contributed by atoms with van der Waals surface area (Å²) >= 11 is 0. The molecule has 0 aromatic heterocycles. The van der Waals surface area contributed by atoms with E-state index in [1.165, 1.54) is 4.31 Å². The van der Waals surface area contributed by atoms with Crippen molar-refractivity contribution in [3.8, 4) is 0 Å². The van der Waals surface area contributed by atoms with Crippen LogP contribution in [0.3, 0.4) is 0 Å². The predicted octanol–water partition coefficient (Wildman–Crippen LogP) is 3.41. The number of rotatable bonds is 5. The van der Waals surface area contributed by atoms with Gasteiger partial charge in [0.15, 0.2) is 6.04 Å². The third kappa shape index (κ3) is 2.90. The summed E-state index contributed by atoms with van der Waals surface area (Å²) in [6.07, 6.45) is 1.60. The minimum atomic E-state index is -3.94. The summed E-state index contributed by atoms with van der Waals surface area (Å²) in [4.78, 5) is 12.8. The second kappa shape index (κ2) is 6.96. The van der Waals surface area contributed by atoms with Gasteiger partial charge < -0.3 is 4.74 Å². The van der Waals surface area contributed by atoms with Crippen molar-refractivity contribution < 1.29 is 17.9 Å². The van der Waals surface area contributed by atoms with E-state index in [0.29, 0.717) is 5.69 Å². The molecule has 0 saturated carbocycles. The Balaban J connectivity index is 2.19. The van der Waals surface area contributed by atoms with E-state index in [1.54, 1.807) is 49.4 Å². The molecule has 0 saturated heterocycles. The van der Waals surface area contributed by atoms with Gasteiger partial charge in [-0.1, -0.05) is 42.0 Å². The Morgan fingerprint density at radius 3 is 2.46 bits per heavy atom. The number of benzene rings is 2. The molecule has 1 aliphatic heterocycles. The van der Waals surface area contributed by atoms with Crippen molar-refractivity contribution in [1.82, 2.24) is 0 Å². The molecule has 6 heteroatoms. The zero-order valence-corrected chi connectivity index (χ0v) is 15.6. The van der Waals surface area contributed by atoms with E-state index in [4.69, 9.17) is 4.74 Å². The van der Waals surface area contributed by atoms with Crippen LogP contribution in [0.1, 0.15) is 24.0 Å². The van der Waals surface area contributed by atoms with E-state index in [9.17, 15) is 13.2 Å². The van der Waals surface area contributed by atoms with Crippen molar-refractivity contribution in [2.75, 3.05) is 10.9 Å². The van der Waals surface area contributed by atoms with Crippen molar-refractivity contribution in [2.45, 2.75) is 30.7 Å². The maximum atomic E-state index is 13.4. The summed E-state index contributed by atoms with van der Waals surface area (Å²) in [5.41, 5.74) is 2.18. The van der Waals surface area contributed by atoms with Gasteiger partial charge in [-0.3, -0.25) is 4.31 Å². The molecule has 2 aromatic rings. The second-order valence-electron chi connectivity index (χ2n) is 6.13. The summed E-state index contributed by atoms with van der Waals surface area (Å²) in [5.74, 6) is -1.05. The molecule has 0 N–H and O–H groups in total. The zero-order chi connectivity index (χ0) is 18.9. The Morgan fingerprint density at radius 2 is 1.85 bits per heavy atom. The monoisotopic (exact) mass is 371 g/mol. The number of carbonyl (C=O) groups is 1. The van der Waals surface area contributed by atoms with Crippen LogP contribution in [0.5, 0.6) is 0 Å². The van der Waals surface area contributed by atoms with Crippen LogP contribution in [-0.2, 0) is 19.6 Å². The van der Waals surface area contributed by atoms with Crippen molar-refractivity contribution in [2.24, 2.45) is 0 Å². The Kier molecular flexibility index (Phi) is 4.87. The molecular weight excluding hydrogens is 350 g/mol. The molecule has 26 heavy (non-hydrogen) atoms. The normalized spacial score (nSPS) is 19.1. The molecule has 5 nitrogen and oxygen atoms in total. The smallest absolute Gasteiger partial charge is 0.330 e. The fraction of sp³-hybridized carbons (Fsp3) is 0.250. The molecule has 0 aliphatic carbocycles. The van der Waals surface area contributed by atoms with Gasteiger partial charge in [-0.25, -0.2) is 13.2 Å². The molecule has 2 atom stereocenters. The number of aryl methyl sites for hydroxylation is 1. The molecular formula is C20H21NO4S. The third-order valence-electron chi connectivity index (χ3n) is 4.49. The van der Waals surface area contributed by atoms with E-state index in [1.807, 2.05) is 19.1 Å². The van der Waals surface area contributed by atoms with Gasteiger partial charge in [0.05, 0.1) is 17.2 Å². The van der Waals surface area contributed by atoms with Gasteiger partial charge in [-0.05, 0) is 37.6 Å². The van der Waals surface area contributed by atoms with Gasteiger partial charge in [0.25, 0.3) is 10.0 Å². The topological polar surface area (TPSA) is 63.7 Å². The predicted molar refractivity (Wildman–Crippen MR) is 101 cm³/mol. The van der Waals surface area contributed by atoms with E-state index in [0.717, 1.165) is 11.1 Å². The molecule has 136 valence electrons. The van der Waals surface area contributed by atoms with Crippen molar-refractivity contribution in [1.29, 1.82) is 0 Å². The summed E-state index contributed by atoms with van der Waals surface area (Å²) in [5, 5.41) is 0. The van der Waals surface area contributed by atoms with Crippen LogP contribution >= 0.6 is 0 Å². The number of esters is 1. The number of anilines is 1. The summed E-state index contributed by atoms with van der Waals surface area (Å²) in [7, 11) is -3.94. The lowest BCUT2D eigenvalue weighted by Crippen LogP contribution is -2.45. The highest BCUT2D eigenvalue weighted by Crippen LogP contribution is 2.45. The van der Waals surface area contributed by atoms with Gasteiger partial charge >= 0.3 is 5.97 Å². The molecule has 1 aliphatic rings. The van der Waals surface area contributed by atoms with Crippen molar-refractivity contribution in [3.63, 3.8) is 0 Å². The van der Waals surface area contributed by atoms with Crippen molar-refractivity contribution in [3.05, 3.63) is 72.3 Å². The molecule has 1 heterocycles. The average Bonchev–Trinajstić information content (AvgIpc) is 2.97. The molecule has 2 aromatic carbocycles. The quantitative estimate of drug-likeness (QED) is 0.597. The van der Waals surface area contributed by atoms with E-state index < -0.39 is 28.0 Å². The highest BCUT2D eigenvalue weighted by Gasteiger charge is 2.48. The first-order chi connectivity index (χ1) is 12.4. The lowest BCUT2D eigenvalue weighted by atomic mass is 9.95. The van der Waals surface area contributed by atoms with Crippen LogP contribution in [0, 0.1) is 6.92 Å². The maximum Gasteiger partial charge on any atom is 0.330 e. The van der Waals surface area contributed by atoms with Crippen LogP contribution in [0.4, 0.5) is 5.69 Å². The van der Waals surface area contributed by atoms with Gasteiger partial charge in [-0.15, -0.1) is 6.58 Å². The van der Waals surface area contributed by atoms with Crippen LogP contribution in [0.2, 0.25) is 0 Å². The average molecular weight is 371 g/mol. The number of sulfonamides is 1. The highest BCUT2D eigenvalue weighted by atomic mass is 32.2. The fourth-order valence-electron chi connectivity index (χ4n) is 3.26. The first kappa shape index (κ1) is 18.2. The second-order valence-corrected chi connectivity index (χ2v) is 7.95. The van der Waals surface area contributed by atoms with Crippen LogP contribution in [0.25, 0.3) is 0 Å². The van der Waals surface area contributed by atoms with E-state index in [2.05, 4.69) is 6.58 Å². The molecule has 3 rings (SSSR count). The number of para-hydroxylation sites is 1. The Bertz CT molecular complexity index is 935. The number of ether oxygens (including phenoxy) is 1. The minimum absolute atomic E-state index is 0.136. The molecule has 0 fully saturated rings. The standard InChI is InChI=1S/C20H21NO4S/c1-4-16-17-8-6-7-9-18(17)21(19(16)20(22)25-5-2)26(23,24)15-12-10-14(3)11-13-15/h4,6-13,16,19H,1,5H2,2-3H3. The highest BCUT2D eigenvalue weighted by molar-refractivity contribution is 7.93. The maximum absolute atomic E-state index is 13.4. The fourth-order valence-corrected chi connectivity index (χ4v) is 4.91. The first-order valence-corrected chi connectivity index (χ1v) is 9.85. The lowest BCUT2D eigenvalue weighted by molar-refractivity contribution is -0.144.